The number of halogens is 4. The summed E-state index contributed by atoms with van der Waals surface area (Å²) in [6.07, 6.45) is 1.28. The standard InChI is InChI=1S/C35H32F4N4O4/c1-40(2)24-7-9-25(10-8-24)41-13-15-42(16-14-41)35(47)32(45)19-31(44)27-18-22(17-26-29(37)11-12-30(38)33(26)39)20-43(34(27)46)21-23-5-3-4-6-28(23)36/h3-12,18-20,44H,13-17,21H2,1-2H3/b31-19+. The van der Waals surface area contributed by atoms with E-state index in [1.165, 1.54) is 29.3 Å². The van der Waals surface area contributed by atoms with Gasteiger partial charge in [0, 0.05) is 81.5 Å². The lowest BCUT2D eigenvalue weighted by molar-refractivity contribution is -0.142. The first-order valence-electron chi connectivity index (χ1n) is 14.8. The van der Waals surface area contributed by atoms with Gasteiger partial charge in [-0.05, 0) is 54.1 Å². The number of anilines is 2. The average Bonchev–Trinajstić information content (AvgIpc) is 3.06. The highest BCUT2D eigenvalue weighted by molar-refractivity contribution is 6.41. The zero-order valence-corrected chi connectivity index (χ0v) is 25.7. The molecule has 0 bridgehead atoms. The molecule has 0 saturated carbocycles. The van der Waals surface area contributed by atoms with Crippen molar-refractivity contribution < 1.29 is 32.3 Å². The molecule has 0 spiro atoms. The van der Waals surface area contributed by atoms with Crippen molar-refractivity contribution in [3.05, 3.63) is 135 Å². The molecule has 12 heteroatoms. The maximum atomic E-state index is 14.5. The third-order valence-electron chi connectivity index (χ3n) is 8.01. The summed E-state index contributed by atoms with van der Waals surface area (Å²) in [5.74, 6) is -7.20. The van der Waals surface area contributed by atoms with Crippen LogP contribution < -0.4 is 15.4 Å². The normalized spacial score (nSPS) is 13.5. The Morgan fingerprint density at radius 3 is 2.19 bits per heavy atom. The molecule has 1 N–H and O–H groups in total. The Kier molecular flexibility index (Phi) is 9.78. The number of rotatable bonds is 9. The number of aliphatic hydroxyl groups excluding tert-OH is 1. The number of piperazine rings is 1. The number of carbonyl (C=O) groups is 2. The van der Waals surface area contributed by atoms with Crippen LogP contribution in [0.4, 0.5) is 28.9 Å². The Morgan fingerprint density at radius 1 is 0.872 bits per heavy atom. The van der Waals surface area contributed by atoms with Gasteiger partial charge in [-0.2, -0.15) is 0 Å². The Balaban J connectivity index is 1.38. The van der Waals surface area contributed by atoms with Gasteiger partial charge < -0.3 is 24.4 Å². The predicted molar refractivity (Wildman–Crippen MR) is 171 cm³/mol. The van der Waals surface area contributed by atoms with Gasteiger partial charge in [0.2, 0.25) is 5.78 Å². The van der Waals surface area contributed by atoms with Crippen LogP contribution in [0.15, 0.2) is 83.8 Å². The second-order valence-electron chi connectivity index (χ2n) is 11.4. The Hall–Kier alpha value is -5.39. The van der Waals surface area contributed by atoms with Crippen LogP contribution in [-0.4, -0.2) is 66.5 Å². The van der Waals surface area contributed by atoms with Gasteiger partial charge in [-0.3, -0.25) is 14.4 Å². The van der Waals surface area contributed by atoms with E-state index in [4.69, 9.17) is 0 Å². The molecule has 3 aromatic carbocycles. The summed E-state index contributed by atoms with van der Waals surface area (Å²) in [5.41, 5.74) is 0.197. The largest absolute Gasteiger partial charge is 0.507 e. The molecule has 0 aliphatic carbocycles. The third-order valence-corrected chi connectivity index (χ3v) is 8.01. The molecule has 1 aromatic heterocycles. The van der Waals surface area contributed by atoms with Crippen molar-refractivity contribution >= 4 is 28.8 Å². The quantitative estimate of drug-likeness (QED) is 0.0912. The van der Waals surface area contributed by atoms with Crippen molar-refractivity contribution in [3.63, 3.8) is 0 Å². The van der Waals surface area contributed by atoms with Crippen molar-refractivity contribution in [1.82, 2.24) is 9.47 Å². The predicted octanol–water partition coefficient (Wildman–Crippen LogP) is 4.93. The molecule has 0 atom stereocenters. The van der Waals surface area contributed by atoms with Crippen LogP contribution in [-0.2, 0) is 22.6 Å². The molecule has 47 heavy (non-hydrogen) atoms. The van der Waals surface area contributed by atoms with Gasteiger partial charge in [-0.1, -0.05) is 18.2 Å². The summed E-state index contributed by atoms with van der Waals surface area (Å²) in [6, 6.07) is 16.0. The van der Waals surface area contributed by atoms with E-state index < -0.39 is 63.8 Å². The number of hydrogen-bond donors (Lipinski definition) is 1. The fraction of sp³-hybridized carbons (Fsp3) is 0.229. The molecule has 1 fully saturated rings. The molecule has 8 nitrogen and oxygen atoms in total. The van der Waals surface area contributed by atoms with E-state index in [0.29, 0.717) is 25.2 Å². The summed E-state index contributed by atoms with van der Waals surface area (Å²) in [7, 11) is 3.88. The van der Waals surface area contributed by atoms with Gasteiger partial charge in [-0.15, -0.1) is 0 Å². The smallest absolute Gasteiger partial charge is 0.294 e. The lowest BCUT2D eigenvalue weighted by Crippen LogP contribution is -2.50. The Morgan fingerprint density at radius 2 is 1.53 bits per heavy atom. The van der Waals surface area contributed by atoms with E-state index >= 15 is 0 Å². The number of aliphatic hydroxyl groups is 1. The number of nitrogens with zero attached hydrogens (tertiary/aromatic N) is 4. The van der Waals surface area contributed by atoms with Crippen LogP contribution in [0.3, 0.4) is 0 Å². The van der Waals surface area contributed by atoms with Crippen LogP contribution >= 0.6 is 0 Å². The van der Waals surface area contributed by atoms with Crippen molar-refractivity contribution in [2.24, 2.45) is 0 Å². The summed E-state index contributed by atoms with van der Waals surface area (Å²) >= 11 is 0. The maximum absolute atomic E-state index is 14.5. The monoisotopic (exact) mass is 648 g/mol. The highest BCUT2D eigenvalue weighted by Crippen LogP contribution is 2.23. The third kappa shape index (κ3) is 7.37. The van der Waals surface area contributed by atoms with Crippen LogP contribution in [0, 0.1) is 23.3 Å². The second-order valence-corrected chi connectivity index (χ2v) is 11.4. The van der Waals surface area contributed by atoms with Crippen LogP contribution in [0.2, 0.25) is 0 Å². The molecule has 2 heterocycles. The summed E-state index contributed by atoms with van der Waals surface area (Å²) in [5, 5.41) is 10.9. The highest BCUT2D eigenvalue weighted by atomic mass is 19.2. The number of ketones is 1. The average molecular weight is 649 g/mol. The molecule has 1 saturated heterocycles. The lowest BCUT2D eigenvalue weighted by Gasteiger charge is -2.35. The van der Waals surface area contributed by atoms with E-state index in [-0.39, 0.29) is 30.8 Å². The fourth-order valence-electron chi connectivity index (χ4n) is 5.39. The molecular formula is C35H32F4N4O4. The van der Waals surface area contributed by atoms with Crippen molar-refractivity contribution in [2.75, 3.05) is 50.1 Å². The molecule has 4 aromatic rings. The molecule has 0 unspecified atom stereocenters. The zero-order chi connectivity index (χ0) is 33.8. The van der Waals surface area contributed by atoms with Gasteiger partial charge in [0.15, 0.2) is 11.6 Å². The summed E-state index contributed by atoms with van der Waals surface area (Å²) < 4.78 is 58.3. The highest BCUT2D eigenvalue weighted by Gasteiger charge is 2.26. The molecule has 1 amide bonds. The number of hydrogen-bond acceptors (Lipinski definition) is 6. The number of aromatic nitrogens is 1. The van der Waals surface area contributed by atoms with Crippen molar-refractivity contribution in [3.8, 4) is 0 Å². The van der Waals surface area contributed by atoms with E-state index in [1.807, 2.05) is 43.3 Å². The fourth-order valence-corrected chi connectivity index (χ4v) is 5.39. The first kappa shape index (κ1) is 33.0. The second kappa shape index (κ2) is 13.9. The SMILES string of the molecule is CN(C)c1ccc(N2CCN(C(=O)C(=O)/C=C(/O)c3cc(Cc4c(F)ccc(F)c4F)cn(Cc4ccccc4F)c3=O)CC2)cc1. The van der Waals surface area contributed by atoms with Gasteiger partial charge >= 0.3 is 0 Å². The minimum absolute atomic E-state index is 0.0489. The molecule has 1 aliphatic heterocycles. The summed E-state index contributed by atoms with van der Waals surface area (Å²) in [4.78, 5) is 44.8. The van der Waals surface area contributed by atoms with Gasteiger partial charge in [0.05, 0.1) is 12.1 Å². The minimum atomic E-state index is -1.43. The maximum Gasteiger partial charge on any atom is 0.294 e. The number of carbonyl (C=O) groups excluding carboxylic acids is 2. The first-order chi connectivity index (χ1) is 22.4. The van der Waals surface area contributed by atoms with Gasteiger partial charge in [-0.25, -0.2) is 17.6 Å². The van der Waals surface area contributed by atoms with E-state index in [0.717, 1.165) is 28.1 Å². The van der Waals surface area contributed by atoms with Crippen molar-refractivity contribution in [2.45, 2.75) is 13.0 Å². The number of benzene rings is 3. The minimum Gasteiger partial charge on any atom is -0.507 e. The zero-order valence-electron chi connectivity index (χ0n) is 25.7. The van der Waals surface area contributed by atoms with Crippen LogP contribution in [0.25, 0.3) is 5.76 Å². The first-order valence-corrected chi connectivity index (χ1v) is 14.8. The lowest BCUT2D eigenvalue weighted by atomic mass is 10.0. The molecular weight excluding hydrogens is 616 g/mol. The summed E-state index contributed by atoms with van der Waals surface area (Å²) in [6.45, 7) is 1.08. The molecule has 5 rings (SSSR count). The van der Waals surface area contributed by atoms with Crippen LogP contribution in [0.1, 0.15) is 22.3 Å². The molecule has 244 valence electrons. The van der Waals surface area contributed by atoms with Crippen LogP contribution in [0.5, 0.6) is 0 Å². The molecule has 0 radical (unpaired) electrons. The molecule has 1 aliphatic rings. The van der Waals surface area contributed by atoms with E-state index in [9.17, 15) is 37.1 Å². The number of pyridine rings is 1. The van der Waals surface area contributed by atoms with E-state index in [2.05, 4.69) is 4.90 Å². The topological polar surface area (TPSA) is 86.1 Å². The Bertz CT molecular complexity index is 1900. The van der Waals surface area contributed by atoms with Crippen molar-refractivity contribution in [1.29, 1.82) is 0 Å². The Labute approximate surface area is 268 Å². The van der Waals surface area contributed by atoms with E-state index in [1.54, 1.807) is 6.07 Å². The van der Waals surface area contributed by atoms with Gasteiger partial charge in [0.1, 0.15) is 17.4 Å². The van der Waals surface area contributed by atoms with Gasteiger partial charge in [0.25, 0.3) is 11.5 Å². The number of amides is 1.